The Kier molecular flexibility index (Phi) is 1.59. The molecule has 0 aliphatic rings. The maximum Gasteiger partial charge on any atom is 0.358 e. The Hall–Kier alpha value is -1.85. The molecule has 0 amide bonds. The predicted molar refractivity (Wildman–Crippen MR) is 33.5 cm³/mol. The zero-order valence-electron chi connectivity index (χ0n) is 5.24. The van der Waals surface area contributed by atoms with E-state index in [2.05, 4.69) is 4.98 Å². The van der Waals surface area contributed by atoms with E-state index < -0.39 is 23.1 Å². The van der Waals surface area contributed by atoms with Crippen LogP contribution >= 0.6 is 0 Å². The van der Waals surface area contributed by atoms with Gasteiger partial charge < -0.3 is 15.2 Å². The molecule has 0 aliphatic carbocycles. The van der Waals surface area contributed by atoms with Crippen LogP contribution < -0.4 is 5.69 Å². The molecule has 0 saturated heterocycles. The summed E-state index contributed by atoms with van der Waals surface area (Å²) in [5.74, 6) is -1.99. The molecule has 1 heterocycles. The van der Waals surface area contributed by atoms with Gasteiger partial charge in [0.15, 0.2) is 11.4 Å². The number of nitrogens with one attached hydrogen (secondary N) is 1. The highest BCUT2D eigenvalue weighted by Gasteiger charge is 2.10. The second-order valence-corrected chi connectivity index (χ2v) is 1.74. The first-order valence-corrected chi connectivity index (χ1v) is 2.63. The van der Waals surface area contributed by atoms with Crippen LogP contribution in [0.3, 0.4) is 0 Å². The number of aromatic hydroxyl groups is 1. The summed E-state index contributed by atoms with van der Waals surface area (Å²) in [6, 6.07) is 0. The molecule has 0 aromatic carbocycles. The van der Waals surface area contributed by atoms with E-state index in [1.54, 1.807) is 0 Å². The minimum Gasteiger partial charge on any atom is -0.504 e. The largest absolute Gasteiger partial charge is 0.504 e. The zero-order valence-corrected chi connectivity index (χ0v) is 5.24. The second-order valence-electron chi connectivity index (χ2n) is 1.74. The first-order valence-electron chi connectivity index (χ1n) is 2.63. The van der Waals surface area contributed by atoms with Crippen LogP contribution in [0.15, 0.2) is 11.0 Å². The van der Waals surface area contributed by atoms with Crippen molar-refractivity contribution in [3.05, 3.63) is 22.4 Å². The molecule has 0 fully saturated rings. The number of carboxylic acids is 1. The summed E-state index contributed by atoms with van der Waals surface area (Å²) >= 11 is 0. The molecule has 1 aromatic heterocycles. The van der Waals surface area contributed by atoms with Crippen LogP contribution in [0, 0.1) is 0 Å². The highest BCUT2D eigenvalue weighted by molar-refractivity contribution is 5.87. The van der Waals surface area contributed by atoms with E-state index in [0.717, 1.165) is 6.20 Å². The summed E-state index contributed by atoms with van der Waals surface area (Å²) < 4.78 is 0. The van der Waals surface area contributed by atoms with Crippen LogP contribution in [0.5, 0.6) is 5.75 Å². The first kappa shape index (κ1) is 7.26. The summed E-state index contributed by atoms with van der Waals surface area (Å²) in [6.45, 7) is 0. The molecule has 0 spiro atoms. The van der Waals surface area contributed by atoms with Gasteiger partial charge in [-0.2, -0.15) is 4.98 Å². The molecule has 6 heteroatoms. The van der Waals surface area contributed by atoms with Crippen LogP contribution in [0.4, 0.5) is 0 Å². The van der Waals surface area contributed by atoms with Crippen molar-refractivity contribution in [1.29, 1.82) is 0 Å². The van der Waals surface area contributed by atoms with Gasteiger partial charge in [-0.1, -0.05) is 0 Å². The Morgan fingerprint density at radius 1 is 1.64 bits per heavy atom. The molecule has 0 unspecified atom stereocenters. The van der Waals surface area contributed by atoms with Crippen LogP contribution in [0.2, 0.25) is 0 Å². The van der Waals surface area contributed by atoms with Crippen LogP contribution in [0.1, 0.15) is 10.5 Å². The molecular formula is C5H4N2O4. The Balaban J connectivity index is 3.35. The summed E-state index contributed by atoms with van der Waals surface area (Å²) in [6.07, 6.45) is 0.874. The van der Waals surface area contributed by atoms with E-state index in [4.69, 9.17) is 10.2 Å². The summed E-state index contributed by atoms with van der Waals surface area (Å²) in [5.41, 5.74) is -1.45. The maximum absolute atomic E-state index is 10.4. The van der Waals surface area contributed by atoms with Crippen LogP contribution in [-0.2, 0) is 0 Å². The van der Waals surface area contributed by atoms with E-state index >= 15 is 0 Å². The first-order chi connectivity index (χ1) is 5.11. The van der Waals surface area contributed by atoms with Crippen molar-refractivity contribution in [2.24, 2.45) is 0 Å². The highest BCUT2D eigenvalue weighted by atomic mass is 16.4. The third kappa shape index (κ3) is 1.34. The van der Waals surface area contributed by atoms with Crippen molar-refractivity contribution >= 4 is 5.97 Å². The van der Waals surface area contributed by atoms with Crippen molar-refractivity contribution in [3.63, 3.8) is 0 Å². The van der Waals surface area contributed by atoms with Gasteiger partial charge in [-0.05, 0) is 0 Å². The van der Waals surface area contributed by atoms with E-state index in [1.807, 2.05) is 4.98 Å². The van der Waals surface area contributed by atoms with Crippen molar-refractivity contribution < 1.29 is 15.0 Å². The number of nitrogens with zero attached hydrogens (tertiary/aromatic N) is 1. The standard InChI is InChI=1S/C5H4N2O4/c8-2-1-6-5(11)7-3(2)4(9)10/h1,8H,(H,9,10)(H,6,7,11). The normalized spacial score (nSPS) is 9.45. The van der Waals surface area contributed by atoms with Gasteiger partial charge in [-0.15, -0.1) is 0 Å². The number of aromatic carboxylic acids is 1. The molecule has 0 saturated carbocycles. The summed E-state index contributed by atoms with van der Waals surface area (Å²) in [5, 5.41) is 17.1. The minimum absolute atomic E-state index is 0.558. The smallest absolute Gasteiger partial charge is 0.358 e. The predicted octanol–water partition coefficient (Wildman–Crippen LogP) is -0.826. The van der Waals surface area contributed by atoms with E-state index in [0.29, 0.717) is 0 Å². The van der Waals surface area contributed by atoms with Gasteiger partial charge in [0, 0.05) is 0 Å². The SMILES string of the molecule is O=C(O)c1nc(=O)[nH]cc1O. The van der Waals surface area contributed by atoms with Crippen molar-refractivity contribution in [3.8, 4) is 5.75 Å². The fraction of sp³-hybridized carbons (Fsp3) is 0. The Morgan fingerprint density at radius 3 is 2.73 bits per heavy atom. The summed E-state index contributed by atoms with van der Waals surface area (Å²) in [4.78, 5) is 25.6. The fourth-order valence-electron chi connectivity index (χ4n) is 0.547. The van der Waals surface area contributed by atoms with Gasteiger partial charge >= 0.3 is 11.7 Å². The van der Waals surface area contributed by atoms with Crippen molar-refractivity contribution in [1.82, 2.24) is 9.97 Å². The number of H-pyrrole nitrogens is 1. The number of rotatable bonds is 1. The number of carboxylic acid groups (broad SMARTS) is 1. The van der Waals surface area contributed by atoms with E-state index in [-0.39, 0.29) is 0 Å². The maximum atomic E-state index is 10.4. The lowest BCUT2D eigenvalue weighted by Gasteiger charge is -1.93. The Labute approximate surface area is 60.1 Å². The van der Waals surface area contributed by atoms with Crippen LogP contribution in [0.25, 0.3) is 0 Å². The van der Waals surface area contributed by atoms with Gasteiger partial charge in [0.25, 0.3) is 0 Å². The number of carbonyl (C=O) groups is 1. The molecule has 0 atom stereocenters. The van der Waals surface area contributed by atoms with Gasteiger partial charge in [0.1, 0.15) is 0 Å². The number of aromatic amines is 1. The molecule has 6 nitrogen and oxygen atoms in total. The molecule has 11 heavy (non-hydrogen) atoms. The minimum atomic E-state index is -1.44. The molecule has 0 aliphatic heterocycles. The zero-order chi connectivity index (χ0) is 8.43. The molecule has 3 N–H and O–H groups in total. The molecule has 0 bridgehead atoms. The lowest BCUT2D eigenvalue weighted by molar-refractivity contribution is 0.0686. The number of hydrogen-bond donors (Lipinski definition) is 3. The van der Waals surface area contributed by atoms with Crippen LogP contribution in [-0.4, -0.2) is 26.2 Å². The molecule has 0 radical (unpaired) electrons. The van der Waals surface area contributed by atoms with Crippen molar-refractivity contribution in [2.45, 2.75) is 0 Å². The highest BCUT2D eigenvalue weighted by Crippen LogP contribution is 2.07. The van der Waals surface area contributed by atoms with E-state index in [1.165, 1.54) is 0 Å². The molecule has 1 aromatic rings. The monoisotopic (exact) mass is 156 g/mol. The fourth-order valence-corrected chi connectivity index (χ4v) is 0.547. The molecular weight excluding hydrogens is 152 g/mol. The topological polar surface area (TPSA) is 103 Å². The Bertz CT molecular complexity index is 343. The number of aromatic nitrogens is 2. The summed E-state index contributed by atoms with van der Waals surface area (Å²) in [7, 11) is 0. The number of hydrogen-bond acceptors (Lipinski definition) is 4. The molecule has 1 rings (SSSR count). The molecule has 58 valence electrons. The Morgan fingerprint density at radius 2 is 2.27 bits per heavy atom. The van der Waals surface area contributed by atoms with Gasteiger partial charge in [0.05, 0.1) is 6.20 Å². The van der Waals surface area contributed by atoms with Gasteiger partial charge in [0.2, 0.25) is 0 Å². The second kappa shape index (κ2) is 2.41. The van der Waals surface area contributed by atoms with Gasteiger partial charge in [-0.3, -0.25) is 0 Å². The van der Waals surface area contributed by atoms with Gasteiger partial charge in [-0.25, -0.2) is 9.59 Å². The third-order valence-electron chi connectivity index (χ3n) is 0.991. The average Bonchev–Trinajstić information content (AvgIpc) is 1.94. The average molecular weight is 156 g/mol. The third-order valence-corrected chi connectivity index (χ3v) is 0.991. The lowest BCUT2D eigenvalue weighted by Crippen LogP contribution is -2.14. The lowest BCUT2D eigenvalue weighted by atomic mass is 10.4. The van der Waals surface area contributed by atoms with E-state index in [9.17, 15) is 9.59 Å². The quantitative estimate of drug-likeness (QED) is 0.492. The van der Waals surface area contributed by atoms with Crippen molar-refractivity contribution in [2.75, 3.05) is 0 Å².